The van der Waals surface area contributed by atoms with Crippen LogP contribution in [0.2, 0.25) is 0 Å². The van der Waals surface area contributed by atoms with E-state index in [-0.39, 0.29) is 0 Å². The average Bonchev–Trinajstić information content (AvgIpc) is 2.42. The van der Waals surface area contributed by atoms with Gasteiger partial charge in [-0.25, -0.2) is 0 Å². The standard InChI is InChI=1S/C9H17OP/c1-11(2,10)9-6-7-3-4-8(9)5-7/h7-9H,3-6H2,1-2H3/t7-,8+,9+/m0/s1. The first-order valence-corrected chi connectivity index (χ1v) is 7.29. The lowest BCUT2D eigenvalue weighted by Gasteiger charge is -2.25. The summed E-state index contributed by atoms with van der Waals surface area (Å²) in [5, 5.41) is 0. The van der Waals surface area contributed by atoms with Crippen LogP contribution in [0.3, 0.4) is 0 Å². The normalized spacial score (nSPS) is 43.3. The highest BCUT2D eigenvalue weighted by Crippen LogP contribution is 2.59. The SMILES string of the molecule is CP(C)(=O)[C@@H]1C[C@H]2CC[C@@H]1C2. The molecule has 2 fully saturated rings. The van der Waals surface area contributed by atoms with E-state index >= 15 is 0 Å². The molecule has 0 N–H and O–H groups in total. The lowest BCUT2D eigenvalue weighted by atomic mass is 10.0. The Labute approximate surface area is 68.9 Å². The zero-order valence-electron chi connectivity index (χ0n) is 7.42. The van der Waals surface area contributed by atoms with Gasteiger partial charge in [-0.3, -0.25) is 0 Å². The summed E-state index contributed by atoms with van der Waals surface area (Å²) in [5.74, 6) is 1.78. The van der Waals surface area contributed by atoms with Crippen LogP contribution in [0, 0.1) is 11.8 Å². The van der Waals surface area contributed by atoms with Crippen molar-refractivity contribution in [3.05, 3.63) is 0 Å². The maximum atomic E-state index is 11.8. The summed E-state index contributed by atoms with van der Waals surface area (Å²) >= 11 is 0. The minimum Gasteiger partial charge on any atom is -0.324 e. The Bertz CT molecular complexity index is 206. The summed E-state index contributed by atoms with van der Waals surface area (Å²) in [7, 11) is -1.76. The summed E-state index contributed by atoms with van der Waals surface area (Å²) in [4.78, 5) is 0. The molecule has 2 rings (SSSR count). The highest BCUT2D eigenvalue weighted by Gasteiger charge is 2.44. The van der Waals surface area contributed by atoms with Crippen molar-refractivity contribution < 1.29 is 4.57 Å². The Morgan fingerprint density at radius 2 is 1.91 bits per heavy atom. The van der Waals surface area contributed by atoms with Crippen LogP contribution in [-0.4, -0.2) is 19.0 Å². The molecule has 0 aromatic heterocycles. The van der Waals surface area contributed by atoms with Gasteiger partial charge in [0.05, 0.1) is 7.14 Å². The molecule has 0 aromatic rings. The Hall–Kier alpha value is 0.230. The van der Waals surface area contributed by atoms with E-state index in [2.05, 4.69) is 0 Å². The molecular weight excluding hydrogens is 155 g/mol. The summed E-state index contributed by atoms with van der Waals surface area (Å²) in [5.41, 5.74) is 0.598. The first-order valence-electron chi connectivity index (χ1n) is 4.62. The molecule has 3 atom stereocenters. The lowest BCUT2D eigenvalue weighted by Crippen LogP contribution is -2.15. The molecule has 2 saturated carbocycles. The predicted octanol–water partition coefficient (Wildman–Crippen LogP) is 2.80. The zero-order chi connectivity index (χ0) is 8.06. The van der Waals surface area contributed by atoms with E-state index in [0.29, 0.717) is 5.66 Å². The topological polar surface area (TPSA) is 17.1 Å². The van der Waals surface area contributed by atoms with Crippen molar-refractivity contribution in [2.75, 3.05) is 13.3 Å². The molecule has 2 aliphatic rings. The number of hydrogen-bond donors (Lipinski definition) is 0. The smallest absolute Gasteiger partial charge is 0.0851 e. The van der Waals surface area contributed by atoms with Gasteiger partial charge in [-0.05, 0) is 44.4 Å². The van der Waals surface area contributed by atoms with Crippen LogP contribution in [0.4, 0.5) is 0 Å². The van der Waals surface area contributed by atoms with E-state index in [0.717, 1.165) is 11.8 Å². The van der Waals surface area contributed by atoms with Crippen molar-refractivity contribution in [3.8, 4) is 0 Å². The van der Waals surface area contributed by atoms with Gasteiger partial charge in [-0.15, -0.1) is 0 Å². The zero-order valence-corrected chi connectivity index (χ0v) is 8.31. The summed E-state index contributed by atoms with van der Waals surface area (Å²) < 4.78 is 11.8. The summed E-state index contributed by atoms with van der Waals surface area (Å²) in [6.45, 7) is 3.94. The first-order chi connectivity index (χ1) is 5.07. The molecule has 64 valence electrons. The molecule has 0 saturated heterocycles. The molecule has 0 aliphatic heterocycles. The molecule has 11 heavy (non-hydrogen) atoms. The van der Waals surface area contributed by atoms with Gasteiger partial charge in [-0.2, -0.15) is 0 Å². The van der Waals surface area contributed by atoms with Crippen LogP contribution < -0.4 is 0 Å². The van der Waals surface area contributed by atoms with Crippen LogP contribution in [0.15, 0.2) is 0 Å². The molecule has 2 heteroatoms. The van der Waals surface area contributed by atoms with E-state index in [1.807, 2.05) is 13.3 Å². The van der Waals surface area contributed by atoms with Gasteiger partial charge in [0.1, 0.15) is 0 Å². The summed E-state index contributed by atoms with van der Waals surface area (Å²) in [6, 6.07) is 0. The van der Waals surface area contributed by atoms with Gasteiger partial charge in [0.25, 0.3) is 0 Å². The van der Waals surface area contributed by atoms with E-state index in [9.17, 15) is 4.57 Å². The molecule has 2 bridgehead atoms. The molecule has 0 heterocycles. The van der Waals surface area contributed by atoms with Crippen LogP contribution in [0.25, 0.3) is 0 Å². The van der Waals surface area contributed by atoms with Gasteiger partial charge in [0.15, 0.2) is 0 Å². The largest absolute Gasteiger partial charge is 0.324 e. The van der Waals surface area contributed by atoms with E-state index in [1.54, 1.807) is 0 Å². The maximum absolute atomic E-state index is 11.8. The van der Waals surface area contributed by atoms with Crippen LogP contribution in [0.5, 0.6) is 0 Å². The average molecular weight is 172 g/mol. The molecule has 1 nitrogen and oxygen atoms in total. The number of hydrogen-bond acceptors (Lipinski definition) is 1. The second-order valence-electron chi connectivity index (χ2n) is 4.68. The summed E-state index contributed by atoms with van der Waals surface area (Å²) in [6.07, 6.45) is 5.44. The van der Waals surface area contributed by atoms with Gasteiger partial charge >= 0.3 is 0 Å². The van der Waals surface area contributed by atoms with E-state index < -0.39 is 7.14 Å². The molecule has 0 unspecified atom stereocenters. The Kier molecular flexibility index (Phi) is 1.68. The van der Waals surface area contributed by atoms with E-state index in [1.165, 1.54) is 25.7 Å². The van der Waals surface area contributed by atoms with Gasteiger partial charge in [-0.1, -0.05) is 6.42 Å². The fourth-order valence-electron chi connectivity index (χ4n) is 2.97. The highest BCUT2D eigenvalue weighted by atomic mass is 31.2. The monoisotopic (exact) mass is 172 g/mol. The van der Waals surface area contributed by atoms with Gasteiger partial charge < -0.3 is 4.57 Å². The van der Waals surface area contributed by atoms with Crippen molar-refractivity contribution in [2.45, 2.75) is 31.3 Å². The number of fused-ring (bicyclic) bond motifs is 2. The van der Waals surface area contributed by atoms with Crippen molar-refractivity contribution in [3.63, 3.8) is 0 Å². The highest BCUT2D eigenvalue weighted by molar-refractivity contribution is 7.63. The van der Waals surface area contributed by atoms with Crippen LogP contribution in [0.1, 0.15) is 25.7 Å². The van der Waals surface area contributed by atoms with E-state index in [4.69, 9.17) is 0 Å². The van der Waals surface area contributed by atoms with Gasteiger partial charge in [0, 0.05) is 5.66 Å². The quantitative estimate of drug-likeness (QED) is 0.556. The molecule has 0 aromatic carbocycles. The maximum Gasteiger partial charge on any atom is 0.0851 e. The Balaban J connectivity index is 2.14. The third-order valence-electron chi connectivity index (χ3n) is 3.50. The number of rotatable bonds is 1. The fourth-order valence-corrected chi connectivity index (χ4v) is 5.06. The minimum atomic E-state index is -1.76. The van der Waals surface area contributed by atoms with Crippen molar-refractivity contribution in [2.24, 2.45) is 11.8 Å². The third kappa shape index (κ3) is 1.28. The van der Waals surface area contributed by atoms with Crippen molar-refractivity contribution in [1.29, 1.82) is 0 Å². The lowest BCUT2D eigenvalue weighted by molar-refractivity contribution is 0.468. The second-order valence-corrected chi connectivity index (χ2v) is 8.21. The van der Waals surface area contributed by atoms with Crippen LogP contribution >= 0.6 is 7.14 Å². The molecular formula is C9H17OP. The predicted molar refractivity (Wildman–Crippen MR) is 48.7 cm³/mol. The molecule has 0 spiro atoms. The molecule has 2 aliphatic carbocycles. The van der Waals surface area contributed by atoms with Crippen LogP contribution in [-0.2, 0) is 4.57 Å². The van der Waals surface area contributed by atoms with Crippen molar-refractivity contribution in [1.82, 2.24) is 0 Å². The minimum absolute atomic E-state index is 0.598. The molecule has 0 amide bonds. The molecule has 0 radical (unpaired) electrons. The first kappa shape index (κ1) is 7.86. The Morgan fingerprint density at radius 1 is 1.18 bits per heavy atom. The third-order valence-corrected chi connectivity index (χ3v) is 5.73. The fraction of sp³-hybridized carbons (Fsp3) is 1.00. The second kappa shape index (κ2) is 2.36. The van der Waals surface area contributed by atoms with Gasteiger partial charge in [0.2, 0.25) is 0 Å². The Morgan fingerprint density at radius 3 is 2.18 bits per heavy atom. The van der Waals surface area contributed by atoms with Crippen molar-refractivity contribution >= 4 is 7.14 Å².